The van der Waals surface area contributed by atoms with Crippen LogP contribution in [-0.2, 0) is 0 Å². The largest absolute Gasteiger partial charge is 0.103 e. The average molecular weight is 232 g/mol. The number of hydrogen-bond acceptors (Lipinski definition) is 0. The molecule has 0 amide bonds. The summed E-state index contributed by atoms with van der Waals surface area (Å²) in [4.78, 5) is 0. The summed E-state index contributed by atoms with van der Waals surface area (Å²) < 4.78 is 0. The molecule has 0 saturated heterocycles. The Morgan fingerprint density at radius 1 is 0.944 bits per heavy atom. The summed E-state index contributed by atoms with van der Waals surface area (Å²) in [7, 11) is 0. The van der Waals surface area contributed by atoms with E-state index in [0.717, 1.165) is 12.0 Å². The topological polar surface area (TPSA) is 0 Å². The van der Waals surface area contributed by atoms with E-state index in [9.17, 15) is 0 Å². The van der Waals surface area contributed by atoms with E-state index in [1.807, 2.05) is 42.5 Å². The Morgan fingerprint density at radius 3 is 2.17 bits per heavy atom. The van der Waals surface area contributed by atoms with E-state index in [4.69, 9.17) is 0 Å². The van der Waals surface area contributed by atoms with Crippen LogP contribution in [0.2, 0.25) is 0 Å². The summed E-state index contributed by atoms with van der Waals surface area (Å²) in [5.74, 6) is 6.79. The number of allylic oxidation sites excluding steroid dienone is 1. The number of hydrogen-bond donors (Lipinski definition) is 0. The van der Waals surface area contributed by atoms with Gasteiger partial charge in [-0.2, -0.15) is 0 Å². The third-order valence-corrected chi connectivity index (χ3v) is 2.77. The van der Waals surface area contributed by atoms with Gasteiger partial charge in [0.2, 0.25) is 0 Å². The van der Waals surface area contributed by atoms with Crippen LogP contribution >= 0.6 is 0 Å². The fourth-order valence-corrected chi connectivity index (χ4v) is 1.82. The van der Waals surface area contributed by atoms with Gasteiger partial charge in [-0.1, -0.05) is 66.4 Å². The van der Waals surface area contributed by atoms with Gasteiger partial charge in [-0.15, -0.1) is 6.58 Å². The van der Waals surface area contributed by atoms with Crippen molar-refractivity contribution < 1.29 is 0 Å². The van der Waals surface area contributed by atoms with Crippen LogP contribution in [0.5, 0.6) is 0 Å². The van der Waals surface area contributed by atoms with Gasteiger partial charge in [0.15, 0.2) is 0 Å². The minimum Gasteiger partial charge on any atom is -0.103 e. The first-order valence-corrected chi connectivity index (χ1v) is 6.12. The zero-order valence-corrected chi connectivity index (χ0v) is 10.3. The molecular formula is C18H16. The highest BCUT2D eigenvalue weighted by molar-refractivity contribution is 5.38. The van der Waals surface area contributed by atoms with Crippen LogP contribution in [0.4, 0.5) is 0 Å². The SMILES string of the molecule is C=CC[C@H](C#Cc1ccccc1)c1ccccc1. The molecule has 0 bridgehead atoms. The first-order valence-electron chi connectivity index (χ1n) is 6.12. The Balaban J connectivity index is 2.23. The van der Waals surface area contributed by atoms with Gasteiger partial charge in [-0.3, -0.25) is 0 Å². The molecule has 0 saturated carbocycles. The molecule has 2 aromatic rings. The van der Waals surface area contributed by atoms with Crippen LogP contribution in [0, 0.1) is 11.8 Å². The van der Waals surface area contributed by atoms with Crippen molar-refractivity contribution in [3.8, 4) is 11.8 Å². The molecule has 0 aliphatic carbocycles. The van der Waals surface area contributed by atoms with Crippen LogP contribution < -0.4 is 0 Å². The molecule has 0 nitrogen and oxygen atoms in total. The van der Waals surface area contributed by atoms with Gasteiger partial charge in [0.1, 0.15) is 0 Å². The molecule has 0 heterocycles. The smallest absolute Gasteiger partial charge is 0.0490 e. The first-order chi connectivity index (χ1) is 8.90. The lowest BCUT2D eigenvalue weighted by Gasteiger charge is -2.07. The molecule has 0 spiro atoms. The van der Waals surface area contributed by atoms with Crippen molar-refractivity contribution in [1.29, 1.82) is 0 Å². The number of benzene rings is 2. The summed E-state index contributed by atoms with van der Waals surface area (Å²) in [6.07, 6.45) is 2.81. The highest BCUT2D eigenvalue weighted by Crippen LogP contribution is 2.18. The van der Waals surface area contributed by atoms with Crippen LogP contribution in [0.3, 0.4) is 0 Å². The number of rotatable bonds is 3. The van der Waals surface area contributed by atoms with E-state index in [1.54, 1.807) is 0 Å². The third kappa shape index (κ3) is 3.37. The van der Waals surface area contributed by atoms with Gasteiger partial charge >= 0.3 is 0 Å². The molecule has 2 rings (SSSR count). The Hall–Kier alpha value is -2.26. The van der Waals surface area contributed by atoms with E-state index < -0.39 is 0 Å². The molecule has 18 heavy (non-hydrogen) atoms. The first kappa shape index (κ1) is 12.2. The molecule has 0 aromatic heterocycles. The van der Waals surface area contributed by atoms with Crippen molar-refractivity contribution in [1.82, 2.24) is 0 Å². The Morgan fingerprint density at radius 2 is 1.56 bits per heavy atom. The predicted octanol–water partition coefficient (Wildman–Crippen LogP) is 4.40. The van der Waals surface area contributed by atoms with Crippen LogP contribution in [-0.4, -0.2) is 0 Å². The molecule has 0 fully saturated rings. The maximum atomic E-state index is 3.81. The summed E-state index contributed by atoms with van der Waals surface area (Å²) in [5.41, 5.74) is 2.31. The van der Waals surface area contributed by atoms with Crippen molar-refractivity contribution in [3.05, 3.63) is 84.4 Å². The minimum atomic E-state index is 0.226. The van der Waals surface area contributed by atoms with Gasteiger partial charge < -0.3 is 0 Å². The van der Waals surface area contributed by atoms with E-state index in [1.165, 1.54) is 5.56 Å². The molecule has 1 atom stereocenters. The normalized spacial score (nSPS) is 11.1. The average Bonchev–Trinajstić information content (AvgIpc) is 2.45. The fraction of sp³-hybridized carbons (Fsp3) is 0.111. The maximum Gasteiger partial charge on any atom is 0.0490 e. The summed E-state index contributed by atoms with van der Waals surface area (Å²) in [6, 6.07) is 20.5. The Kier molecular flexibility index (Phi) is 4.39. The second-order valence-corrected chi connectivity index (χ2v) is 4.12. The lowest BCUT2D eigenvalue weighted by atomic mass is 9.96. The van der Waals surface area contributed by atoms with E-state index in [0.29, 0.717) is 0 Å². The van der Waals surface area contributed by atoms with Crippen molar-refractivity contribution in [2.24, 2.45) is 0 Å². The zero-order valence-electron chi connectivity index (χ0n) is 10.3. The van der Waals surface area contributed by atoms with E-state index in [2.05, 4.69) is 42.7 Å². The standard InChI is InChI=1S/C18H16/c1-2-9-17(18-12-7-4-8-13-18)15-14-16-10-5-3-6-11-16/h2-8,10-13,17H,1,9H2/t17-/m1/s1. The molecule has 0 unspecified atom stereocenters. The van der Waals surface area contributed by atoms with Crippen LogP contribution in [0.15, 0.2) is 73.3 Å². The molecule has 0 N–H and O–H groups in total. The fourth-order valence-electron chi connectivity index (χ4n) is 1.82. The molecule has 0 aliphatic heterocycles. The van der Waals surface area contributed by atoms with Crippen molar-refractivity contribution in [2.45, 2.75) is 12.3 Å². The highest BCUT2D eigenvalue weighted by Gasteiger charge is 2.04. The Labute approximate surface area is 109 Å². The molecular weight excluding hydrogens is 216 g/mol. The Bertz CT molecular complexity index is 541. The van der Waals surface area contributed by atoms with Gasteiger partial charge in [0.05, 0.1) is 0 Å². The van der Waals surface area contributed by atoms with Crippen LogP contribution in [0.25, 0.3) is 0 Å². The summed E-state index contributed by atoms with van der Waals surface area (Å²) in [5, 5.41) is 0. The van der Waals surface area contributed by atoms with Crippen molar-refractivity contribution >= 4 is 0 Å². The van der Waals surface area contributed by atoms with E-state index >= 15 is 0 Å². The zero-order chi connectivity index (χ0) is 12.6. The van der Waals surface area contributed by atoms with Gasteiger partial charge in [-0.05, 0) is 24.1 Å². The molecule has 2 aromatic carbocycles. The lowest BCUT2D eigenvalue weighted by molar-refractivity contribution is 0.894. The summed E-state index contributed by atoms with van der Waals surface area (Å²) >= 11 is 0. The van der Waals surface area contributed by atoms with Gasteiger partial charge in [0, 0.05) is 11.5 Å². The van der Waals surface area contributed by atoms with Gasteiger partial charge in [0.25, 0.3) is 0 Å². The highest BCUT2D eigenvalue weighted by atomic mass is 14.1. The van der Waals surface area contributed by atoms with Gasteiger partial charge in [-0.25, -0.2) is 0 Å². The van der Waals surface area contributed by atoms with Crippen molar-refractivity contribution in [3.63, 3.8) is 0 Å². The van der Waals surface area contributed by atoms with Crippen molar-refractivity contribution in [2.75, 3.05) is 0 Å². The molecule has 88 valence electrons. The maximum absolute atomic E-state index is 3.81. The lowest BCUT2D eigenvalue weighted by Crippen LogP contribution is -1.93. The monoisotopic (exact) mass is 232 g/mol. The quantitative estimate of drug-likeness (QED) is 0.543. The second-order valence-electron chi connectivity index (χ2n) is 4.12. The third-order valence-electron chi connectivity index (χ3n) is 2.77. The second kappa shape index (κ2) is 6.47. The van der Waals surface area contributed by atoms with Crippen LogP contribution in [0.1, 0.15) is 23.5 Å². The van der Waals surface area contributed by atoms with E-state index in [-0.39, 0.29) is 5.92 Å². The minimum absolute atomic E-state index is 0.226. The molecule has 0 heteroatoms. The predicted molar refractivity (Wildman–Crippen MR) is 77.3 cm³/mol. The molecule has 0 radical (unpaired) electrons. The molecule has 0 aliphatic rings. The summed E-state index contributed by atoms with van der Waals surface area (Å²) in [6.45, 7) is 3.81.